The lowest BCUT2D eigenvalue weighted by Gasteiger charge is -2.36. The van der Waals surface area contributed by atoms with E-state index in [1.54, 1.807) is 30.3 Å². The SMILES string of the molecule is O=C(COC(=O)C[C@@H]1c2ccccc2CCN1S(=O)(=O)c1ccccc1)Nc1ccccc1C(F)(F)F. The van der Waals surface area contributed by atoms with E-state index in [9.17, 15) is 31.2 Å². The molecule has 0 saturated heterocycles. The molecule has 1 heterocycles. The number of benzene rings is 3. The molecule has 0 saturated carbocycles. The molecule has 1 N–H and O–H groups in total. The second kappa shape index (κ2) is 10.7. The number of anilines is 1. The highest BCUT2D eigenvalue weighted by molar-refractivity contribution is 7.89. The van der Waals surface area contributed by atoms with E-state index in [1.165, 1.54) is 28.6 Å². The van der Waals surface area contributed by atoms with Gasteiger partial charge in [-0.3, -0.25) is 9.59 Å². The van der Waals surface area contributed by atoms with Crippen LogP contribution in [0.2, 0.25) is 0 Å². The van der Waals surface area contributed by atoms with E-state index < -0.39 is 52.0 Å². The molecular formula is C26H23F3N2O5S. The third-order valence-electron chi connectivity index (χ3n) is 5.94. The molecule has 1 aliphatic heterocycles. The molecule has 3 aromatic rings. The van der Waals surface area contributed by atoms with Crippen molar-refractivity contribution in [2.24, 2.45) is 0 Å². The van der Waals surface area contributed by atoms with Crippen LogP contribution >= 0.6 is 0 Å². The summed E-state index contributed by atoms with van der Waals surface area (Å²) in [6.45, 7) is -0.689. The summed E-state index contributed by atoms with van der Waals surface area (Å²) in [4.78, 5) is 25.0. The number of carbonyl (C=O) groups is 2. The van der Waals surface area contributed by atoms with Gasteiger partial charge in [-0.15, -0.1) is 0 Å². The predicted octanol–water partition coefficient (Wildman–Crippen LogP) is 4.57. The van der Waals surface area contributed by atoms with E-state index in [0.717, 1.165) is 17.7 Å². The van der Waals surface area contributed by atoms with Crippen molar-refractivity contribution in [1.82, 2.24) is 4.31 Å². The number of ether oxygens (including phenoxy) is 1. The van der Waals surface area contributed by atoms with E-state index >= 15 is 0 Å². The number of hydrogen-bond donors (Lipinski definition) is 1. The summed E-state index contributed by atoms with van der Waals surface area (Å²) >= 11 is 0. The third kappa shape index (κ3) is 6.00. The highest BCUT2D eigenvalue weighted by atomic mass is 32.2. The maximum absolute atomic E-state index is 13.4. The number of halogens is 3. The lowest BCUT2D eigenvalue weighted by Crippen LogP contribution is -2.41. The van der Waals surface area contributed by atoms with Crippen LogP contribution in [-0.4, -0.2) is 37.8 Å². The zero-order chi connectivity index (χ0) is 26.6. The van der Waals surface area contributed by atoms with Crippen molar-refractivity contribution >= 4 is 27.6 Å². The molecule has 0 radical (unpaired) electrons. The molecule has 194 valence electrons. The summed E-state index contributed by atoms with van der Waals surface area (Å²) in [6, 6.07) is 18.5. The number of para-hydroxylation sites is 1. The van der Waals surface area contributed by atoms with Gasteiger partial charge in [0.05, 0.1) is 28.6 Å². The van der Waals surface area contributed by atoms with Crippen molar-refractivity contribution in [1.29, 1.82) is 0 Å². The minimum absolute atomic E-state index is 0.0791. The summed E-state index contributed by atoms with van der Waals surface area (Å²) in [5.41, 5.74) is 0.0442. The molecule has 0 bridgehead atoms. The second-order valence-electron chi connectivity index (χ2n) is 8.35. The number of sulfonamides is 1. The molecular weight excluding hydrogens is 509 g/mol. The Balaban J connectivity index is 1.48. The summed E-state index contributed by atoms with van der Waals surface area (Å²) in [5.74, 6) is -1.82. The van der Waals surface area contributed by atoms with Gasteiger partial charge in [-0.2, -0.15) is 17.5 Å². The van der Waals surface area contributed by atoms with Crippen LogP contribution in [0.5, 0.6) is 0 Å². The van der Waals surface area contributed by atoms with Crippen LogP contribution in [0.3, 0.4) is 0 Å². The molecule has 37 heavy (non-hydrogen) atoms. The first-order chi connectivity index (χ1) is 17.6. The quantitative estimate of drug-likeness (QED) is 0.451. The minimum atomic E-state index is -4.68. The van der Waals surface area contributed by atoms with Crippen molar-refractivity contribution in [3.05, 3.63) is 95.6 Å². The van der Waals surface area contributed by atoms with E-state index in [2.05, 4.69) is 5.32 Å². The van der Waals surface area contributed by atoms with Crippen LogP contribution in [0.25, 0.3) is 0 Å². The number of alkyl halides is 3. The van der Waals surface area contributed by atoms with Crippen molar-refractivity contribution in [2.75, 3.05) is 18.5 Å². The highest BCUT2D eigenvalue weighted by Crippen LogP contribution is 2.37. The average molecular weight is 533 g/mol. The van der Waals surface area contributed by atoms with Crippen molar-refractivity contribution in [2.45, 2.75) is 30.0 Å². The van der Waals surface area contributed by atoms with Crippen LogP contribution < -0.4 is 5.32 Å². The molecule has 7 nitrogen and oxygen atoms in total. The first-order valence-corrected chi connectivity index (χ1v) is 12.8. The van der Waals surface area contributed by atoms with Crippen molar-refractivity contribution in [3.8, 4) is 0 Å². The van der Waals surface area contributed by atoms with Crippen LogP contribution in [-0.2, 0) is 36.9 Å². The van der Waals surface area contributed by atoms with Gasteiger partial charge in [0.15, 0.2) is 6.61 Å². The number of fused-ring (bicyclic) bond motifs is 1. The highest BCUT2D eigenvalue weighted by Gasteiger charge is 2.38. The van der Waals surface area contributed by atoms with Gasteiger partial charge in [0.1, 0.15) is 0 Å². The van der Waals surface area contributed by atoms with Gasteiger partial charge in [0.2, 0.25) is 10.0 Å². The molecule has 1 atom stereocenters. The Bertz CT molecular complexity index is 1390. The minimum Gasteiger partial charge on any atom is -0.456 e. The Hall–Kier alpha value is -3.70. The fourth-order valence-electron chi connectivity index (χ4n) is 4.24. The van der Waals surface area contributed by atoms with Crippen LogP contribution in [0.4, 0.5) is 18.9 Å². The largest absolute Gasteiger partial charge is 0.456 e. The molecule has 1 amide bonds. The smallest absolute Gasteiger partial charge is 0.418 e. The zero-order valence-electron chi connectivity index (χ0n) is 19.4. The molecule has 0 fully saturated rings. The number of esters is 1. The van der Waals surface area contributed by atoms with Crippen LogP contribution in [0.15, 0.2) is 83.8 Å². The maximum Gasteiger partial charge on any atom is 0.418 e. The van der Waals surface area contributed by atoms with E-state index in [1.807, 2.05) is 12.1 Å². The van der Waals surface area contributed by atoms with E-state index in [-0.39, 0.29) is 17.9 Å². The summed E-state index contributed by atoms with van der Waals surface area (Å²) in [7, 11) is -3.95. The van der Waals surface area contributed by atoms with Gasteiger partial charge >= 0.3 is 12.1 Å². The second-order valence-corrected chi connectivity index (χ2v) is 10.2. The molecule has 1 aliphatic rings. The first-order valence-electron chi connectivity index (χ1n) is 11.3. The number of hydrogen-bond acceptors (Lipinski definition) is 5. The first kappa shape index (κ1) is 26.4. The third-order valence-corrected chi connectivity index (χ3v) is 7.87. The van der Waals surface area contributed by atoms with Gasteiger partial charge in [-0.25, -0.2) is 8.42 Å². The van der Waals surface area contributed by atoms with Gasteiger partial charge in [0.25, 0.3) is 5.91 Å². The number of nitrogens with one attached hydrogen (secondary N) is 1. The molecule has 0 unspecified atom stereocenters. The Morgan fingerprint density at radius 3 is 2.32 bits per heavy atom. The van der Waals surface area contributed by atoms with Crippen LogP contribution in [0.1, 0.15) is 29.2 Å². The number of rotatable bonds is 7. The van der Waals surface area contributed by atoms with Crippen LogP contribution in [0, 0.1) is 0 Å². The number of amides is 1. The summed E-state index contributed by atoms with van der Waals surface area (Å²) < 4.78 is 72.5. The zero-order valence-corrected chi connectivity index (χ0v) is 20.3. The monoisotopic (exact) mass is 532 g/mol. The lowest BCUT2D eigenvalue weighted by molar-refractivity contribution is -0.148. The molecule has 0 aromatic heterocycles. The maximum atomic E-state index is 13.4. The fraction of sp³-hybridized carbons (Fsp3) is 0.231. The normalized spacial score (nSPS) is 16.0. The van der Waals surface area contributed by atoms with Gasteiger partial charge < -0.3 is 10.1 Å². The van der Waals surface area contributed by atoms with Gasteiger partial charge in [0, 0.05) is 6.54 Å². The number of nitrogens with zero attached hydrogens (tertiary/aromatic N) is 1. The molecule has 0 aliphatic carbocycles. The fourth-order valence-corrected chi connectivity index (χ4v) is 5.87. The van der Waals surface area contributed by atoms with Crippen molar-refractivity contribution < 1.29 is 35.9 Å². The van der Waals surface area contributed by atoms with Gasteiger partial charge in [-0.05, 0) is 41.8 Å². The van der Waals surface area contributed by atoms with E-state index in [0.29, 0.717) is 12.0 Å². The lowest BCUT2D eigenvalue weighted by atomic mass is 9.92. The molecule has 0 spiro atoms. The Kier molecular flexibility index (Phi) is 7.65. The molecule has 11 heteroatoms. The van der Waals surface area contributed by atoms with E-state index in [4.69, 9.17) is 4.74 Å². The summed E-state index contributed by atoms with van der Waals surface area (Å²) in [6.07, 6.45) is -4.60. The number of carbonyl (C=O) groups excluding carboxylic acids is 2. The Labute approximate surface area is 211 Å². The Morgan fingerprint density at radius 2 is 1.59 bits per heavy atom. The van der Waals surface area contributed by atoms with Gasteiger partial charge in [-0.1, -0.05) is 54.6 Å². The molecule has 3 aromatic carbocycles. The Morgan fingerprint density at radius 1 is 0.946 bits per heavy atom. The average Bonchev–Trinajstić information content (AvgIpc) is 2.88. The predicted molar refractivity (Wildman–Crippen MR) is 129 cm³/mol. The molecule has 4 rings (SSSR count). The summed E-state index contributed by atoms with van der Waals surface area (Å²) in [5, 5.41) is 2.10. The topological polar surface area (TPSA) is 92.8 Å². The standard InChI is InChI=1S/C26H23F3N2O5S/c27-26(28,29)21-12-6-7-13-22(21)30-24(32)17-36-25(33)16-23-20-11-5-4-8-18(20)14-15-31(23)37(34,35)19-9-2-1-3-10-19/h1-13,23H,14-17H2,(H,30,32)/t23-/m1/s1. The van der Waals surface area contributed by atoms with Crippen molar-refractivity contribution in [3.63, 3.8) is 0 Å².